The molecule has 0 bridgehead atoms. The molecule has 2 amide bonds. The Balaban J connectivity index is 1.74. The maximum Gasteiger partial charge on any atom is 0.234 e. The molecule has 1 heterocycles. The number of rotatable bonds is 5. The zero-order chi connectivity index (χ0) is 20.5. The molecule has 3 rings (SSSR count). The van der Waals surface area contributed by atoms with E-state index in [1.54, 1.807) is 13.0 Å². The molecular formula is C19H19FN2O4S2. The molecule has 0 saturated heterocycles. The minimum absolute atomic E-state index is 0.0484. The van der Waals surface area contributed by atoms with Crippen molar-refractivity contribution in [3.8, 4) is 0 Å². The van der Waals surface area contributed by atoms with Crippen LogP contribution in [-0.2, 0) is 19.4 Å². The van der Waals surface area contributed by atoms with Gasteiger partial charge in [-0.15, -0.1) is 11.8 Å². The number of fused-ring (bicyclic) bond motifs is 1. The Labute approximate surface area is 166 Å². The first-order chi connectivity index (χ1) is 13.2. The van der Waals surface area contributed by atoms with Gasteiger partial charge in [0, 0.05) is 17.0 Å². The zero-order valence-corrected chi connectivity index (χ0v) is 16.9. The van der Waals surface area contributed by atoms with Crippen molar-refractivity contribution in [2.24, 2.45) is 0 Å². The topological polar surface area (TPSA) is 92.3 Å². The minimum atomic E-state index is -3.78. The lowest BCUT2D eigenvalue weighted by Crippen LogP contribution is -2.26. The highest BCUT2D eigenvalue weighted by Crippen LogP contribution is 2.34. The Morgan fingerprint density at radius 2 is 2.04 bits per heavy atom. The molecule has 1 aliphatic heterocycles. The second-order valence-electron chi connectivity index (χ2n) is 6.56. The number of aryl methyl sites for hydroxylation is 1. The summed E-state index contributed by atoms with van der Waals surface area (Å²) < 4.78 is 38.9. The third kappa shape index (κ3) is 4.36. The fourth-order valence-electron chi connectivity index (χ4n) is 2.81. The summed E-state index contributed by atoms with van der Waals surface area (Å²) in [5.74, 6) is -0.788. The monoisotopic (exact) mass is 422 g/mol. The molecule has 0 fully saturated rings. The van der Waals surface area contributed by atoms with Gasteiger partial charge in [-0.1, -0.05) is 0 Å². The van der Waals surface area contributed by atoms with Crippen molar-refractivity contribution in [1.29, 1.82) is 0 Å². The Morgan fingerprint density at radius 3 is 2.75 bits per heavy atom. The fraction of sp³-hybridized carbons (Fsp3) is 0.263. The van der Waals surface area contributed by atoms with Gasteiger partial charge in [0.25, 0.3) is 0 Å². The second-order valence-corrected chi connectivity index (χ2v) is 9.95. The predicted molar refractivity (Wildman–Crippen MR) is 107 cm³/mol. The quantitative estimate of drug-likeness (QED) is 0.771. The van der Waals surface area contributed by atoms with E-state index in [1.165, 1.54) is 49.0 Å². The molecule has 2 aromatic rings. The largest absolute Gasteiger partial charge is 0.326 e. The number of carbonyl (C=O) groups excluding carboxylic acids is 2. The van der Waals surface area contributed by atoms with E-state index >= 15 is 0 Å². The van der Waals surface area contributed by atoms with E-state index in [9.17, 15) is 22.4 Å². The maximum absolute atomic E-state index is 13.2. The fourth-order valence-corrected chi connectivity index (χ4v) is 4.97. The Bertz CT molecular complexity index is 1050. The Hall–Kier alpha value is -2.39. The highest BCUT2D eigenvalue weighted by Gasteiger charge is 2.27. The molecule has 0 unspecified atom stereocenters. The normalized spacial score (nSPS) is 14.8. The molecule has 6 nitrogen and oxygen atoms in total. The first kappa shape index (κ1) is 20.3. The van der Waals surface area contributed by atoms with Crippen LogP contribution in [0.4, 0.5) is 15.8 Å². The highest BCUT2D eigenvalue weighted by molar-refractivity contribution is 8.00. The van der Waals surface area contributed by atoms with Gasteiger partial charge in [0.2, 0.25) is 11.8 Å². The number of sulfone groups is 1. The number of amides is 2. The molecule has 1 atom stereocenters. The minimum Gasteiger partial charge on any atom is -0.326 e. The molecule has 2 aromatic carbocycles. The van der Waals surface area contributed by atoms with Gasteiger partial charge >= 0.3 is 0 Å². The number of carbonyl (C=O) groups is 2. The van der Waals surface area contributed by atoms with Crippen molar-refractivity contribution in [2.75, 3.05) is 16.4 Å². The van der Waals surface area contributed by atoms with Crippen molar-refractivity contribution in [1.82, 2.24) is 0 Å². The van der Waals surface area contributed by atoms with Gasteiger partial charge in [0.1, 0.15) is 5.82 Å². The predicted octanol–water partition coefficient (Wildman–Crippen LogP) is 3.37. The molecular weight excluding hydrogens is 403 g/mol. The van der Waals surface area contributed by atoms with Crippen molar-refractivity contribution in [2.45, 2.75) is 35.3 Å². The van der Waals surface area contributed by atoms with E-state index in [-0.39, 0.29) is 17.2 Å². The van der Waals surface area contributed by atoms with E-state index < -0.39 is 26.8 Å². The maximum atomic E-state index is 13.2. The van der Waals surface area contributed by atoms with E-state index in [0.717, 1.165) is 4.90 Å². The lowest BCUT2D eigenvalue weighted by atomic mass is 10.2. The van der Waals surface area contributed by atoms with Gasteiger partial charge in [-0.05, 0) is 55.8 Å². The van der Waals surface area contributed by atoms with E-state index in [0.29, 0.717) is 22.7 Å². The summed E-state index contributed by atoms with van der Waals surface area (Å²) in [4.78, 5) is 24.7. The number of hydrogen-bond donors (Lipinski definition) is 2. The average molecular weight is 423 g/mol. The van der Waals surface area contributed by atoms with Gasteiger partial charge in [0.05, 0.1) is 21.6 Å². The molecule has 0 spiro atoms. The van der Waals surface area contributed by atoms with Crippen LogP contribution in [0.15, 0.2) is 46.2 Å². The van der Waals surface area contributed by atoms with Crippen LogP contribution in [0.2, 0.25) is 0 Å². The summed E-state index contributed by atoms with van der Waals surface area (Å²) >= 11 is 1.34. The molecule has 2 N–H and O–H groups in total. The van der Waals surface area contributed by atoms with Crippen molar-refractivity contribution < 1.29 is 22.4 Å². The molecule has 1 aliphatic rings. The van der Waals surface area contributed by atoms with Crippen LogP contribution in [0.3, 0.4) is 0 Å². The van der Waals surface area contributed by atoms with Crippen LogP contribution < -0.4 is 10.6 Å². The lowest BCUT2D eigenvalue weighted by Gasteiger charge is -2.19. The number of benzene rings is 2. The van der Waals surface area contributed by atoms with Crippen molar-refractivity contribution in [3.63, 3.8) is 0 Å². The SMILES string of the molecule is Cc1cc(F)ccc1NC(=O)C[C@H](C)S(=O)(=O)c1ccc2c(c1)NC(=O)CS2. The number of thioether (sulfide) groups is 1. The zero-order valence-electron chi connectivity index (χ0n) is 15.3. The third-order valence-electron chi connectivity index (χ3n) is 4.38. The second kappa shape index (κ2) is 7.92. The molecule has 148 valence electrons. The third-order valence-corrected chi connectivity index (χ3v) is 7.59. The number of nitrogens with one attached hydrogen (secondary N) is 2. The highest BCUT2D eigenvalue weighted by atomic mass is 32.2. The average Bonchev–Trinajstić information content (AvgIpc) is 2.63. The van der Waals surface area contributed by atoms with Gasteiger partial charge < -0.3 is 10.6 Å². The van der Waals surface area contributed by atoms with Crippen LogP contribution in [0, 0.1) is 12.7 Å². The molecule has 0 saturated carbocycles. The van der Waals surface area contributed by atoms with Crippen LogP contribution in [0.1, 0.15) is 18.9 Å². The van der Waals surface area contributed by atoms with E-state index in [2.05, 4.69) is 10.6 Å². The van der Waals surface area contributed by atoms with Gasteiger partial charge in [-0.2, -0.15) is 0 Å². The van der Waals surface area contributed by atoms with E-state index in [1.807, 2.05) is 0 Å². The van der Waals surface area contributed by atoms with Gasteiger partial charge in [0.15, 0.2) is 9.84 Å². The first-order valence-corrected chi connectivity index (χ1v) is 11.1. The molecule has 0 aromatic heterocycles. The summed E-state index contributed by atoms with van der Waals surface area (Å²) in [6.07, 6.45) is -0.253. The Morgan fingerprint density at radius 1 is 1.29 bits per heavy atom. The van der Waals surface area contributed by atoms with Gasteiger partial charge in [-0.3, -0.25) is 9.59 Å². The first-order valence-electron chi connectivity index (χ1n) is 8.53. The summed E-state index contributed by atoms with van der Waals surface area (Å²) in [6.45, 7) is 3.11. The number of halogens is 1. The van der Waals surface area contributed by atoms with Crippen LogP contribution in [0.5, 0.6) is 0 Å². The molecule has 28 heavy (non-hydrogen) atoms. The molecule has 0 radical (unpaired) electrons. The van der Waals surface area contributed by atoms with Crippen LogP contribution >= 0.6 is 11.8 Å². The number of hydrogen-bond acceptors (Lipinski definition) is 5. The van der Waals surface area contributed by atoms with Crippen molar-refractivity contribution in [3.05, 3.63) is 47.8 Å². The number of anilines is 2. The Kier molecular flexibility index (Phi) is 5.76. The van der Waals surface area contributed by atoms with Crippen LogP contribution in [-0.4, -0.2) is 31.2 Å². The molecule has 0 aliphatic carbocycles. The van der Waals surface area contributed by atoms with Gasteiger partial charge in [-0.25, -0.2) is 12.8 Å². The summed E-state index contributed by atoms with van der Waals surface area (Å²) in [5, 5.41) is 4.30. The van der Waals surface area contributed by atoms with E-state index in [4.69, 9.17) is 0 Å². The van der Waals surface area contributed by atoms with Crippen LogP contribution in [0.25, 0.3) is 0 Å². The lowest BCUT2D eigenvalue weighted by molar-refractivity contribution is -0.116. The smallest absolute Gasteiger partial charge is 0.234 e. The summed E-state index contributed by atoms with van der Waals surface area (Å²) in [6, 6.07) is 8.51. The van der Waals surface area contributed by atoms with Crippen molar-refractivity contribution >= 4 is 44.8 Å². The summed E-state index contributed by atoms with van der Waals surface area (Å²) in [5.41, 5.74) is 1.44. The molecule has 9 heteroatoms. The summed E-state index contributed by atoms with van der Waals surface area (Å²) in [7, 11) is -3.78. The standard InChI is InChI=1S/C19H19FN2O4S2/c1-11-7-13(20)3-5-15(11)21-18(23)8-12(2)28(25,26)14-4-6-17-16(9-14)22-19(24)10-27-17/h3-7,9,12H,8,10H2,1-2H3,(H,21,23)(H,22,24)/t12-/m0/s1.